The second-order valence-corrected chi connectivity index (χ2v) is 8.34. The number of nitrogens with one attached hydrogen (secondary N) is 1. The number of methoxy groups -OCH3 is 1. The molecule has 0 bridgehead atoms. The summed E-state index contributed by atoms with van der Waals surface area (Å²) >= 11 is 0. The molecule has 2 saturated heterocycles. The van der Waals surface area contributed by atoms with Crippen molar-refractivity contribution in [3.63, 3.8) is 0 Å². The molecule has 2 aromatic rings. The molecule has 0 aliphatic carbocycles. The standard InChI is InChI=1S/C23H32N4O3/c1-29-17-22-15-20(25-30-22)13-19-16-24-8-7-18(19)14-23(28)27-11-9-26(10-12-27)21-5-3-2-4-6-21/h2-6,15,18-19,24H,7-14,16-17H2,1H3/t18-,19+/m0/s1. The van der Waals surface area contributed by atoms with Crippen LogP contribution < -0.4 is 10.2 Å². The highest BCUT2D eigenvalue weighted by Crippen LogP contribution is 2.27. The topological polar surface area (TPSA) is 70.8 Å². The Labute approximate surface area is 178 Å². The molecular weight excluding hydrogens is 380 g/mol. The van der Waals surface area contributed by atoms with Crippen molar-refractivity contribution in [2.45, 2.75) is 25.9 Å². The zero-order valence-corrected chi connectivity index (χ0v) is 17.8. The van der Waals surface area contributed by atoms with Gasteiger partial charge in [-0.25, -0.2) is 0 Å². The van der Waals surface area contributed by atoms with Gasteiger partial charge in [0.2, 0.25) is 5.91 Å². The van der Waals surface area contributed by atoms with E-state index < -0.39 is 0 Å². The number of aromatic nitrogens is 1. The normalized spacial score (nSPS) is 22.3. The average molecular weight is 413 g/mol. The predicted octanol–water partition coefficient (Wildman–Crippen LogP) is 2.33. The van der Waals surface area contributed by atoms with Gasteiger partial charge in [0.25, 0.3) is 0 Å². The Morgan fingerprint density at radius 3 is 2.77 bits per heavy atom. The van der Waals surface area contributed by atoms with Crippen molar-refractivity contribution in [2.24, 2.45) is 11.8 Å². The van der Waals surface area contributed by atoms with E-state index in [9.17, 15) is 4.79 Å². The zero-order valence-electron chi connectivity index (χ0n) is 17.8. The van der Waals surface area contributed by atoms with E-state index in [1.807, 2.05) is 17.0 Å². The van der Waals surface area contributed by atoms with E-state index in [4.69, 9.17) is 9.26 Å². The van der Waals surface area contributed by atoms with Gasteiger partial charge in [0.15, 0.2) is 5.76 Å². The number of amides is 1. The Morgan fingerprint density at radius 1 is 1.20 bits per heavy atom. The Hall–Kier alpha value is -2.38. The summed E-state index contributed by atoms with van der Waals surface area (Å²) in [6.45, 7) is 5.72. The lowest BCUT2D eigenvalue weighted by Gasteiger charge is -2.38. The van der Waals surface area contributed by atoms with Crippen LogP contribution in [0.2, 0.25) is 0 Å². The molecule has 1 amide bonds. The largest absolute Gasteiger partial charge is 0.377 e. The van der Waals surface area contributed by atoms with Gasteiger partial charge in [0.1, 0.15) is 6.61 Å². The Balaban J connectivity index is 1.30. The van der Waals surface area contributed by atoms with Crippen molar-refractivity contribution in [2.75, 3.05) is 51.3 Å². The molecule has 0 radical (unpaired) electrons. The highest BCUT2D eigenvalue weighted by molar-refractivity contribution is 5.77. The molecule has 7 heteroatoms. The van der Waals surface area contributed by atoms with Crippen LogP contribution in [0, 0.1) is 11.8 Å². The van der Waals surface area contributed by atoms with E-state index in [0.29, 0.717) is 30.8 Å². The predicted molar refractivity (Wildman–Crippen MR) is 115 cm³/mol. The maximum atomic E-state index is 13.0. The SMILES string of the molecule is COCc1cc(C[C@@H]2CNCC[C@H]2CC(=O)N2CCN(c3ccccc3)CC2)no1. The summed E-state index contributed by atoms with van der Waals surface area (Å²) in [6, 6.07) is 12.4. The third-order valence-corrected chi connectivity index (χ3v) is 6.32. The molecule has 30 heavy (non-hydrogen) atoms. The van der Waals surface area contributed by atoms with E-state index >= 15 is 0 Å². The first-order valence-corrected chi connectivity index (χ1v) is 10.9. The third-order valence-electron chi connectivity index (χ3n) is 6.32. The van der Waals surface area contributed by atoms with Crippen molar-refractivity contribution < 1.29 is 14.1 Å². The lowest BCUT2D eigenvalue weighted by molar-refractivity contribution is -0.133. The van der Waals surface area contributed by atoms with Crippen LogP contribution in [0.5, 0.6) is 0 Å². The van der Waals surface area contributed by atoms with E-state index in [2.05, 4.69) is 39.6 Å². The summed E-state index contributed by atoms with van der Waals surface area (Å²) in [4.78, 5) is 17.4. The molecule has 3 heterocycles. The van der Waals surface area contributed by atoms with Crippen LogP contribution in [0.4, 0.5) is 5.69 Å². The van der Waals surface area contributed by atoms with Crippen LogP contribution in [-0.4, -0.2) is 62.3 Å². The maximum Gasteiger partial charge on any atom is 0.222 e. The van der Waals surface area contributed by atoms with Crippen molar-refractivity contribution in [1.29, 1.82) is 0 Å². The highest BCUT2D eigenvalue weighted by Gasteiger charge is 2.30. The summed E-state index contributed by atoms with van der Waals surface area (Å²) in [5.41, 5.74) is 2.19. The minimum atomic E-state index is 0.292. The first kappa shape index (κ1) is 20.9. The molecule has 4 rings (SSSR count). The number of anilines is 1. The van der Waals surface area contributed by atoms with Gasteiger partial charge in [-0.05, 0) is 49.9 Å². The second-order valence-electron chi connectivity index (χ2n) is 8.34. The fourth-order valence-corrected chi connectivity index (χ4v) is 4.62. The first-order valence-electron chi connectivity index (χ1n) is 10.9. The minimum Gasteiger partial charge on any atom is -0.377 e. The van der Waals surface area contributed by atoms with Gasteiger partial charge in [-0.1, -0.05) is 23.4 Å². The molecule has 2 aliphatic rings. The molecule has 2 aliphatic heterocycles. The number of benzene rings is 1. The van der Waals surface area contributed by atoms with Crippen LogP contribution in [0.15, 0.2) is 40.9 Å². The third kappa shape index (κ3) is 5.21. The number of hydrogen-bond donors (Lipinski definition) is 1. The van der Waals surface area contributed by atoms with Crippen LogP contribution in [0.25, 0.3) is 0 Å². The Kier molecular flexibility index (Phi) is 7.02. The van der Waals surface area contributed by atoms with Gasteiger partial charge < -0.3 is 24.4 Å². The summed E-state index contributed by atoms with van der Waals surface area (Å²) in [5, 5.41) is 7.66. The Morgan fingerprint density at radius 2 is 2.00 bits per heavy atom. The van der Waals surface area contributed by atoms with E-state index in [-0.39, 0.29) is 0 Å². The van der Waals surface area contributed by atoms with Gasteiger partial charge in [0, 0.05) is 51.5 Å². The number of carbonyl (C=O) groups is 1. The van der Waals surface area contributed by atoms with Crippen LogP contribution in [-0.2, 0) is 22.6 Å². The van der Waals surface area contributed by atoms with Crippen LogP contribution in [0.3, 0.4) is 0 Å². The second kappa shape index (κ2) is 10.1. The van der Waals surface area contributed by atoms with Crippen LogP contribution in [0.1, 0.15) is 24.3 Å². The molecule has 2 fully saturated rings. The molecule has 0 spiro atoms. The molecule has 7 nitrogen and oxygen atoms in total. The Bertz CT molecular complexity index is 802. The van der Waals surface area contributed by atoms with Gasteiger partial charge in [-0.3, -0.25) is 4.79 Å². The molecule has 162 valence electrons. The minimum absolute atomic E-state index is 0.292. The fourth-order valence-electron chi connectivity index (χ4n) is 4.62. The van der Waals surface area contributed by atoms with E-state index in [0.717, 1.165) is 63.6 Å². The molecule has 0 saturated carbocycles. The summed E-state index contributed by atoms with van der Waals surface area (Å²) in [6.07, 6.45) is 2.49. The maximum absolute atomic E-state index is 13.0. The monoisotopic (exact) mass is 412 g/mol. The molecule has 2 atom stereocenters. The number of ether oxygens (including phenoxy) is 1. The van der Waals surface area contributed by atoms with Crippen molar-refractivity contribution in [1.82, 2.24) is 15.4 Å². The lowest BCUT2D eigenvalue weighted by Crippen LogP contribution is -2.50. The van der Waals surface area contributed by atoms with E-state index in [1.165, 1.54) is 5.69 Å². The number of rotatable bonds is 7. The molecule has 1 aromatic carbocycles. The van der Waals surface area contributed by atoms with E-state index in [1.54, 1.807) is 7.11 Å². The molecule has 1 N–H and O–H groups in total. The van der Waals surface area contributed by atoms with Crippen molar-refractivity contribution in [3.8, 4) is 0 Å². The number of hydrogen-bond acceptors (Lipinski definition) is 6. The molecular formula is C23H32N4O3. The zero-order chi connectivity index (χ0) is 20.8. The average Bonchev–Trinajstić information content (AvgIpc) is 3.23. The van der Waals surface area contributed by atoms with Gasteiger partial charge in [-0.2, -0.15) is 0 Å². The summed E-state index contributed by atoms with van der Waals surface area (Å²) in [5.74, 6) is 1.82. The highest BCUT2D eigenvalue weighted by atomic mass is 16.5. The fraction of sp³-hybridized carbons (Fsp3) is 0.565. The van der Waals surface area contributed by atoms with Gasteiger partial charge >= 0.3 is 0 Å². The number of para-hydroxylation sites is 1. The van der Waals surface area contributed by atoms with Crippen molar-refractivity contribution in [3.05, 3.63) is 47.9 Å². The number of nitrogens with zero attached hydrogens (tertiary/aromatic N) is 3. The lowest BCUT2D eigenvalue weighted by atomic mass is 9.81. The summed E-state index contributed by atoms with van der Waals surface area (Å²) in [7, 11) is 1.65. The number of carbonyl (C=O) groups excluding carboxylic acids is 1. The molecule has 0 unspecified atom stereocenters. The van der Waals surface area contributed by atoms with Gasteiger partial charge in [-0.15, -0.1) is 0 Å². The number of piperazine rings is 1. The number of piperidine rings is 1. The van der Waals surface area contributed by atoms with Crippen molar-refractivity contribution >= 4 is 11.6 Å². The summed E-state index contributed by atoms with van der Waals surface area (Å²) < 4.78 is 10.4. The quantitative estimate of drug-likeness (QED) is 0.753. The first-order chi connectivity index (χ1) is 14.7. The van der Waals surface area contributed by atoms with Crippen LogP contribution >= 0.6 is 0 Å². The smallest absolute Gasteiger partial charge is 0.222 e. The van der Waals surface area contributed by atoms with Gasteiger partial charge in [0.05, 0.1) is 5.69 Å². The molecule has 1 aromatic heterocycles.